The molecule has 1 aromatic carbocycles. The van der Waals surface area contributed by atoms with E-state index in [9.17, 15) is 18.0 Å². The summed E-state index contributed by atoms with van der Waals surface area (Å²) in [6.07, 6.45) is 1.87. The van der Waals surface area contributed by atoms with Gasteiger partial charge in [0.05, 0.1) is 22.8 Å². The van der Waals surface area contributed by atoms with E-state index in [2.05, 4.69) is 27.1 Å². The number of nitrogens with one attached hydrogen (secondary N) is 1. The van der Waals surface area contributed by atoms with Crippen LogP contribution in [-0.2, 0) is 11.3 Å². The summed E-state index contributed by atoms with van der Waals surface area (Å²) >= 11 is 0. The van der Waals surface area contributed by atoms with Crippen molar-refractivity contribution in [3.05, 3.63) is 58.4 Å². The number of benzene rings is 1. The fourth-order valence-electron chi connectivity index (χ4n) is 4.59. The number of nitrogens with zero attached hydrogens (tertiary/aromatic N) is 4. The minimum Gasteiger partial charge on any atom is -0.366 e. The number of aryl methyl sites for hydroxylation is 1. The number of carbonyl (C=O) groups excluding carboxylic acids is 1. The number of aromatic nitrogens is 2. The van der Waals surface area contributed by atoms with Crippen LogP contribution in [0, 0.1) is 12.7 Å². The minimum atomic E-state index is -2.88. The average molecular weight is 460 g/mol. The summed E-state index contributed by atoms with van der Waals surface area (Å²) in [6, 6.07) is 3.45. The summed E-state index contributed by atoms with van der Waals surface area (Å²) in [5, 5.41) is 3.22. The van der Waals surface area contributed by atoms with Crippen molar-refractivity contribution in [1.29, 1.82) is 0 Å². The topological polar surface area (TPSA) is 61.4 Å². The Balaban J connectivity index is 1.62. The lowest BCUT2D eigenvalue weighted by Gasteiger charge is -2.40. The van der Waals surface area contributed by atoms with E-state index in [-0.39, 0.29) is 17.0 Å². The first-order chi connectivity index (χ1) is 15.6. The zero-order valence-electron chi connectivity index (χ0n) is 19.2. The Morgan fingerprint density at radius 2 is 1.97 bits per heavy atom. The van der Waals surface area contributed by atoms with Gasteiger partial charge in [-0.25, -0.2) is 23.1 Å². The van der Waals surface area contributed by atoms with Crippen LogP contribution >= 0.6 is 0 Å². The fourth-order valence-corrected chi connectivity index (χ4v) is 4.59. The molecule has 1 amide bonds. The van der Waals surface area contributed by atoms with Gasteiger partial charge in [-0.3, -0.25) is 4.79 Å². The molecule has 2 aliphatic rings. The van der Waals surface area contributed by atoms with Crippen molar-refractivity contribution in [2.24, 2.45) is 0 Å². The largest absolute Gasteiger partial charge is 0.366 e. The molecule has 0 aliphatic carbocycles. The molecule has 0 spiro atoms. The van der Waals surface area contributed by atoms with E-state index in [1.165, 1.54) is 12.1 Å². The van der Waals surface area contributed by atoms with E-state index in [0.717, 1.165) is 23.7 Å². The van der Waals surface area contributed by atoms with Crippen LogP contribution in [-0.4, -0.2) is 44.3 Å². The van der Waals surface area contributed by atoms with Crippen LogP contribution in [0.25, 0.3) is 6.08 Å². The number of amides is 1. The number of likely N-dealkylation sites (tertiary alicyclic amines) is 1. The predicted molar refractivity (Wildman–Crippen MR) is 120 cm³/mol. The Kier molecular flexibility index (Phi) is 6.07. The molecule has 1 saturated heterocycles. The van der Waals surface area contributed by atoms with Gasteiger partial charge in [0.1, 0.15) is 17.5 Å². The Hall–Kier alpha value is -3.10. The second kappa shape index (κ2) is 8.68. The number of hydrogen-bond donors (Lipinski definition) is 1. The zero-order chi connectivity index (χ0) is 23.9. The first-order valence-electron chi connectivity index (χ1n) is 11.0. The Labute approximate surface area is 191 Å². The molecular formula is C24H28F3N5O. The van der Waals surface area contributed by atoms with Crippen LogP contribution in [0.15, 0.2) is 24.4 Å². The predicted octanol–water partition coefficient (Wildman–Crippen LogP) is 4.83. The molecule has 6 nitrogen and oxygen atoms in total. The lowest BCUT2D eigenvalue weighted by molar-refractivity contribution is -0.128. The zero-order valence-corrected chi connectivity index (χ0v) is 19.2. The van der Waals surface area contributed by atoms with E-state index in [1.54, 1.807) is 20.8 Å². The Bertz CT molecular complexity index is 1110. The van der Waals surface area contributed by atoms with Gasteiger partial charge in [0.25, 0.3) is 6.43 Å². The molecule has 0 saturated carbocycles. The highest BCUT2D eigenvalue weighted by Gasteiger charge is 2.40. The number of anilines is 1. The molecule has 0 radical (unpaired) electrons. The molecule has 33 heavy (non-hydrogen) atoms. The van der Waals surface area contributed by atoms with Crippen molar-refractivity contribution in [2.75, 3.05) is 18.4 Å². The van der Waals surface area contributed by atoms with Gasteiger partial charge in [0, 0.05) is 43.9 Å². The molecule has 176 valence electrons. The SMILES string of the molecule is CC(=O)N1CCC(C)(N2C=Cc3nc(C)nc(N[C@H](C)c4cccc(C(F)F)c4F)c3C2)C1. The Morgan fingerprint density at radius 3 is 2.64 bits per heavy atom. The molecule has 1 N–H and O–H groups in total. The van der Waals surface area contributed by atoms with Crippen LogP contribution < -0.4 is 5.32 Å². The lowest BCUT2D eigenvalue weighted by atomic mass is 9.96. The summed E-state index contributed by atoms with van der Waals surface area (Å²) in [5.74, 6) is 0.254. The van der Waals surface area contributed by atoms with Gasteiger partial charge in [-0.05, 0) is 33.3 Å². The van der Waals surface area contributed by atoms with Gasteiger partial charge >= 0.3 is 0 Å². The van der Waals surface area contributed by atoms with E-state index in [0.29, 0.717) is 31.3 Å². The molecule has 0 bridgehead atoms. The first kappa shape index (κ1) is 23.1. The summed E-state index contributed by atoms with van der Waals surface area (Å²) < 4.78 is 41.0. The van der Waals surface area contributed by atoms with Crippen LogP contribution in [0.5, 0.6) is 0 Å². The highest BCUT2D eigenvalue weighted by Crippen LogP contribution is 2.36. The number of hydrogen-bond acceptors (Lipinski definition) is 5. The standard InChI is InChI=1S/C24H28F3N5O/c1-14(17-6-5-7-18(21(17)25)22(26)27)28-23-19-12-32(10-8-20(19)29-15(2)30-23)24(4)9-11-31(13-24)16(3)33/h5-8,10,14,22H,9,11-13H2,1-4H3,(H,28,29,30)/t14-,24?/m1/s1. The van der Waals surface area contributed by atoms with E-state index in [4.69, 9.17) is 0 Å². The molecule has 1 fully saturated rings. The monoisotopic (exact) mass is 459 g/mol. The van der Waals surface area contributed by atoms with Crippen molar-refractivity contribution in [2.45, 2.75) is 58.7 Å². The molecular weight excluding hydrogens is 431 g/mol. The molecule has 2 aromatic rings. The summed E-state index contributed by atoms with van der Waals surface area (Å²) in [7, 11) is 0. The fraction of sp³-hybridized carbons (Fsp3) is 0.458. The van der Waals surface area contributed by atoms with Gasteiger partial charge in [0.15, 0.2) is 0 Å². The second-order valence-corrected chi connectivity index (χ2v) is 9.03. The number of halogens is 3. The minimum absolute atomic E-state index is 0.0586. The van der Waals surface area contributed by atoms with Gasteiger partial charge in [-0.2, -0.15) is 0 Å². The van der Waals surface area contributed by atoms with Gasteiger partial charge in [-0.15, -0.1) is 0 Å². The molecule has 1 unspecified atom stereocenters. The van der Waals surface area contributed by atoms with Crippen molar-refractivity contribution < 1.29 is 18.0 Å². The highest BCUT2D eigenvalue weighted by atomic mass is 19.3. The number of alkyl halides is 2. The van der Waals surface area contributed by atoms with Crippen LogP contribution in [0.3, 0.4) is 0 Å². The maximum atomic E-state index is 14.7. The lowest BCUT2D eigenvalue weighted by Crippen LogP contribution is -2.46. The van der Waals surface area contributed by atoms with Gasteiger partial charge < -0.3 is 15.1 Å². The normalized spacial score (nSPS) is 20.8. The van der Waals surface area contributed by atoms with Crippen LogP contribution in [0.2, 0.25) is 0 Å². The molecule has 2 aliphatic heterocycles. The summed E-state index contributed by atoms with van der Waals surface area (Å²) in [6.45, 7) is 9.04. The van der Waals surface area contributed by atoms with Gasteiger partial charge in [-0.1, -0.05) is 18.2 Å². The van der Waals surface area contributed by atoms with E-state index in [1.807, 2.05) is 17.2 Å². The van der Waals surface area contributed by atoms with Crippen molar-refractivity contribution in [1.82, 2.24) is 19.8 Å². The second-order valence-electron chi connectivity index (χ2n) is 9.03. The third kappa shape index (κ3) is 4.41. The number of fused-ring (bicyclic) bond motifs is 1. The third-order valence-corrected chi connectivity index (χ3v) is 6.60. The first-order valence-corrected chi connectivity index (χ1v) is 11.0. The average Bonchev–Trinajstić information content (AvgIpc) is 3.17. The van der Waals surface area contributed by atoms with Crippen molar-refractivity contribution >= 4 is 17.8 Å². The maximum Gasteiger partial charge on any atom is 0.266 e. The summed E-state index contributed by atoms with van der Waals surface area (Å²) in [4.78, 5) is 24.9. The summed E-state index contributed by atoms with van der Waals surface area (Å²) in [5.41, 5.74) is 0.926. The quantitative estimate of drug-likeness (QED) is 0.694. The smallest absolute Gasteiger partial charge is 0.266 e. The molecule has 2 atom stereocenters. The van der Waals surface area contributed by atoms with Crippen molar-refractivity contribution in [3.8, 4) is 0 Å². The van der Waals surface area contributed by atoms with Gasteiger partial charge in [0.2, 0.25) is 5.91 Å². The molecule has 1 aromatic heterocycles. The highest BCUT2D eigenvalue weighted by molar-refractivity contribution is 5.73. The Morgan fingerprint density at radius 1 is 1.24 bits per heavy atom. The van der Waals surface area contributed by atoms with Crippen LogP contribution in [0.4, 0.5) is 19.0 Å². The number of rotatable bonds is 5. The van der Waals surface area contributed by atoms with E-state index < -0.39 is 23.8 Å². The van der Waals surface area contributed by atoms with E-state index >= 15 is 0 Å². The van der Waals surface area contributed by atoms with Crippen LogP contribution in [0.1, 0.15) is 67.9 Å². The maximum absolute atomic E-state index is 14.7. The molecule has 9 heteroatoms. The van der Waals surface area contributed by atoms with Crippen molar-refractivity contribution in [3.63, 3.8) is 0 Å². The third-order valence-electron chi connectivity index (χ3n) is 6.60. The molecule has 3 heterocycles. The number of carbonyl (C=O) groups is 1. The molecule has 4 rings (SSSR count).